The molecule has 1 unspecified atom stereocenters. The molecular weight excluding hydrogens is 236 g/mol. The normalized spacial score (nSPS) is 12.4. The van der Waals surface area contributed by atoms with Crippen molar-refractivity contribution in [2.24, 2.45) is 5.73 Å². The van der Waals surface area contributed by atoms with Gasteiger partial charge in [-0.05, 0) is 12.5 Å². The van der Waals surface area contributed by atoms with Crippen molar-refractivity contribution in [3.8, 4) is 11.3 Å². The molecule has 1 heterocycles. The number of thiazole rings is 1. The summed E-state index contributed by atoms with van der Waals surface area (Å²) in [4.78, 5) is 15.0. The van der Waals surface area contributed by atoms with Crippen LogP contribution in [0.3, 0.4) is 0 Å². The van der Waals surface area contributed by atoms with Crippen LogP contribution in [-0.2, 0) is 4.79 Å². The van der Waals surface area contributed by atoms with Crippen molar-refractivity contribution in [2.45, 2.75) is 13.0 Å². The Hall–Kier alpha value is -1.72. The van der Waals surface area contributed by atoms with Crippen molar-refractivity contribution in [1.82, 2.24) is 4.98 Å². The summed E-state index contributed by atoms with van der Waals surface area (Å²) in [6.45, 7) is 1.99. The summed E-state index contributed by atoms with van der Waals surface area (Å²) in [5, 5.41) is 11.1. The highest BCUT2D eigenvalue weighted by Gasteiger charge is 2.18. The van der Waals surface area contributed by atoms with Gasteiger partial charge in [0.2, 0.25) is 0 Å². The third-order valence-electron chi connectivity index (χ3n) is 2.48. The smallest absolute Gasteiger partial charge is 0.327 e. The Bertz CT molecular complexity index is 551. The van der Waals surface area contributed by atoms with Gasteiger partial charge < -0.3 is 10.8 Å². The number of benzene rings is 1. The first-order valence-electron chi connectivity index (χ1n) is 5.09. The standard InChI is InChI=1S/C12H12N2O2S/c1-7-4-2-3-5-8(7)9-6-17-11(14-9)10(13)12(15)16/h2-6,10H,13H2,1H3,(H,15,16). The molecule has 0 aliphatic heterocycles. The Morgan fingerprint density at radius 2 is 2.18 bits per heavy atom. The van der Waals surface area contributed by atoms with Crippen LogP contribution in [0.5, 0.6) is 0 Å². The highest BCUT2D eigenvalue weighted by Crippen LogP contribution is 2.26. The number of carbonyl (C=O) groups is 1. The second-order valence-corrected chi connectivity index (χ2v) is 4.59. The fourth-order valence-corrected chi connectivity index (χ4v) is 2.33. The summed E-state index contributed by atoms with van der Waals surface area (Å²) in [7, 11) is 0. The summed E-state index contributed by atoms with van der Waals surface area (Å²) in [6.07, 6.45) is 0. The van der Waals surface area contributed by atoms with Gasteiger partial charge in [0, 0.05) is 10.9 Å². The molecule has 1 aromatic carbocycles. The second-order valence-electron chi connectivity index (χ2n) is 3.70. The fourth-order valence-electron chi connectivity index (χ4n) is 1.52. The second kappa shape index (κ2) is 4.65. The van der Waals surface area contributed by atoms with Gasteiger partial charge in [-0.2, -0.15) is 0 Å². The average molecular weight is 248 g/mol. The minimum atomic E-state index is -1.06. The van der Waals surface area contributed by atoms with Crippen LogP contribution in [0.4, 0.5) is 0 Å². The zero-order chi connectivity index (χ0) is 12.4. The molecule has 0 bridgehead atoms. The van der Waals surface area contributed by atoms with Crippen molar-refractivity contribution in [1.29, 1.82) is 0 Å². The number of hydrogen-bond donors (Lipinski definition) is 2. The van der Waals surface area contributed by atoms with Crippen molar-refractivity contribution in [2.75, 3.05) is 0 Å². The quantitative estimate of drug-likeness (QED) is 0.873. The molecule has 5 heteroatoms. The molecule has 0 aliphatic carbocycles. The Kier molecular flexibility index (Phi) is 3.21. The number of aliphatic carboxylic acids is 1. The minimum absolute atomic E-state index is 0.427. The molecule has 0 spiro atoms. The lowest BCUT2D eigenvalue weighted by atomic mass is 10.1. The van der Waals surface area contributed by atoms with Gasteiger partial charge in [-0.25, -0.2) is 4.98 Å². The van der Waals surface area contributed by atoms with E-state index in [1.807, 2.05) is 36.6 Å². The maximum atomic E-state index is 10.8. The highest BCUT2D eigenvalue weighted by atomic mass is 32.1. The van der Waals surface area contributed by atoms with E-state index in [0.29, 0.717) is 5.01 Å². The van der Waals surface area contributed by atoms with Crippen LogP contribution in [-0.4, -0.2) is 16.1 Å². The van der Waals surface area contributed by atoms with Gasteiger partial charge in [-0.15, -0.1) is 11.3 Å². The van der Waals surface area contributed by atoms with Gasteiger partial charge in [0.05, 0.1) is 5.69 Å². The van der Waals surface area contributed by atoms with E-state index >= 15 is 0 Å². The molecule has 4 nitrogen and oxygen atoms in total. The van der Waals surface area contributed by atoms with Gasteiger partial charge in [-0.1, -0.05) is 24.3 Å². The van der Waals surface area contributed by atoms with E-state index in [-0.39, 0.29) is 0 Å². The number of carboxylic acids is 1. The number of rotatable bonds is 3. The maximum Gasteiger partial charge on any atom is 0.327 e. The predicted octanol–water partition coefficient (Wildman–Crippen LogP) is 2.20. The number of hydrogen-bond acceptors (Lipinski definition) is 4. The highest BCUT2D eigenvalue weighted by molar-refractivity contribution is 7.10. The summed E-state index contributed by atoms with van der Waals surface area (Å²) in [5.41, 5.74) is 8.41. The maximum absolute atomic E-state index is 10.8. The topological polar surface area (TPSA) is 76.2 Å². The van der Waals surface area contributed by atoms with E-state index < -0.39 is 12.0 Å². The first kappa shape index (κ1) is 11.8. The van der Waals surface area contributed by atoms with Crippen molar-refractivity contribution in [3.05, 3.63) is 40.2 Å². The summed E-state index contributed by atoms with van der Waals surface area (Å²) >= 11 is 1.27. The van der Waals surface area contributed by atoms with Gasteiger partial charge in [-0.3, -0.25) is 4.79 Å². The van der Waals surface area contributed by atoms with Crippen LogP contribution in [0.25, 0.3) is 11.3 Å². The number of aromatic nitrogens is 1. The van der Waals surface area contributed by atoms with Crippen LogP contribution < -0.4 is 5.73 Å². The van der Waals surface area contributed by atoms with Gasteiger partial charge in [0.25, 0.3) is 0 Å². The van der Waals surface area contributed by atoms with E-state index in [1.54, 1.807) is 0 Å². The van der Waals surface area contributed by atoms with E-state index in [2.05, 4.69) is 4.98 Å². The molecule has 1 atom stereocenters. The predicted molar refractivity (Wildman–Crippen MR) is 66.9 cm³/mol. The molecule has 0 saturated heterocycles. The summed E-state index contributed by atoms with van der Waals surface area (Å²) in [5.74, 6) is -1.06. The zero-order valence-electron chi connectivity index (χ0n) is 9.25. The van der Waals surface area contributed by atoms with Gasteiger partial charge >= 0.3 is 5.97 Å². The minimum Gasteiger partial charge on any atom is -0.480 e. The molecule has 0 saturated carbocycles. The third-order valence-corrected chi connectivity index (χ3v) is 3.40. The molecule has 0 amide bonds. The fraction of sp³-hybridized carbons (Fsp3) is 0.167. The first-order valence-corrected chi connectivity index (χ1v) is 5.97. The molecule has 88 valence electrons. The molecule has 1 aromatic heterocycles. The third kappa shape index (κ3) is 2.35. The lowest BCUT2D eigenvalue weighted by molar-refractivity contribution is -0.138. The largest absolute Gasteiger partial charge is 0.480 e. The monoisotopic (exact) mass is 248 g/mol. The van der Waals surface area contributed by atoms with Gasteiger partial charge in [0.15, 0.2) is 6.04 Å². The van der Waals surface area contributed by atoms with Crippen molar-refractivity contribution in [3.63, 3.8) is 0 Å². The molecule has 3 N–H and O–H groups in total. The lowest BCUT2D eigenvalue weighted by Crippen LogP contribution is -2.20. The van der Waals surface area contributed by atoms with Crippen LogP contribution in [0.1, 0.15) is 16.6 Å². The van der Waals surface area contributed by atoms with Crippen LogP contribution in [0, 0.1) is 6.92 Å². The molecule has 0 aliphatic rings. The molecule has 17 heavy (non-hydrogen) atoms. The molecule has 2 aromatic rings. The SMILES string of the molecule is Cc1ccccc1-c1csc(C(N)C(=O)O)n1. The van der Waals surface area contributed by atoms with Crippen LogP contribution in [0.2, 0.25) is 0 Å². The Labute approximate surface area is 103 Å². The number of nitrogens with zero attached hydrogens (tertiary/aromatic N) is 1. The van der Waals surface area contributed by atoms with Gasteiger partial charge in [0.1, 0.15) is 5.01 Å². The number of carboxylic acid groups (broad SMARTS) is 1. The van der Waals surface area contributed by atoms with E-state index in [4.69, 9.17) is 10.8 Å². The Morgan fingerprint density at radius 1 is 1.47 bits per heavy atom. The summed E-state index contributed by atoms with van der Waals surface area (Å²) in [6, 6.07) is 6.79. The Morgan fingerprint density at radius 3 is 2.82 bits per heavy atom. The van der Waals surface area contributed by atoms with E-state index in [9.17, 15) is 4.79 Å². The zero-order valence-corrected chi connectivity index (χ0v) is 10.1. The lowest BCUT2D eigenvalue weighted by Gasteiger charge is -2.02. The van der Waals surface area contributed by atoms with E-state index in [0.717, 1.165) is 16.8 Å². The summed E-state index contributed by atoms with van der Waals surface area (Å²) < 4.78 is 0. The van der Waals surface area contributed by atoms with Crippen LogP contribution >= 0.6 is 11.3 Å². The first-order chi connectivity index (χ1) is 8.09. The number of nitrogens with two attached hydrogens (primary N) is 1. The molecule has 0 radical (unpaired) electrons. The van der Waals surface area contributed by atoms with Crippen molar-refractivity contribution < 1.29 is 9.90 Å². The molecule has 2 rings (SSSR count). The molecular formula is C12H12N2O2S. The van der Waals surface area contributed by atoms with Crippen molar-refractivity contribution >= 4 is 17.3 Å². The van der Waals surface area contributed by atoms with E-state index in [1.165, 1.54) is 11.3 Å². The number of aryl methyl sites for hydroxylation is 1. The average Bonchev–Trinajstić information content (AvgIpc) is 2.77. The van der Waals surface area contributed by atoms with Crippen LogP contribution in [0.15, 0.2) is 29.6 Å². The molecule has 0 fully saturated rings. The Balaban J connectivity index is 2.37.